The zero-order valence-electron chi connectivity index (χ0n) is 26.3. The zero-order valence-corrected chi connectivity index (χ0v) is 27.9. The molecule has 2 unspecified atom stereocenters. The Morgan fingerprint density at radius 2 is 2.00 bits per heavy atom. The second-order valence-corrected chi connectivity index (χ2v) is 13.3. The Balaban J connectivity index is 1.44. The van der Waals surface area contributed by atoms with Crippen molar-refractivity contribution in [1.82, 2.24) is 19.8 Å². The van der Waals surface area contributed by atoms with E-state index in [1.807, 2.05) is 18.0 Å². The molecule has 0 spiro atoms. The number of nitrogen functional groups attached to an aromatic ring is 1. The van der Waals surface area contributed by atoms with Gasteiger partial charge in [0.2, 0.25) is 0 Å². The van der Waals surface area contributed by atoms with E-state index >= 15 is 4.39 Å². The molecule has 2 aromatic heterocycles. The number of piperazine rings is 1. The number of thiophene rings is 1. The third kappa shape index (κ3) is 5.95. The number of nitrogens with two attached hydrogens (primary N) is 1. The summed E-state index contributed by atoms with van der Waals surface area (Å²) >= 11 is 7.73. The molecule has 1 amide bonds. The van der Waals surface area contributed by atoms with Crippen molar-refractivity contribution in [3.8, 4) is 23.2 Å². The topological polar surface area (TPSA) is 121 Å². The number of rotatable bonds is 8. The maximum atomic E-state index is 16.8. The van der Waals surface area contributed by atoms with E-state index < -0.39 is 17.7 Å². The molecule has 2 saturated heterocycles. The first-order valence-electron chi connectivity index (χ1n) is 15.2. The van der Waals surface area contributed by atoms with Gasteiger partial charge >= 0.3 is 6.01 Å². The van der Waals surface area contributed by atoms with Crippen LogP contribution in [-0.2, 0) is 9.53 Å². The first-order valence-corrected chi connectivity index (χ1v) is 16.4. The maximum Gasteiger partial charge on any atom is 0.319 e. The van der Waals surface area contributed by atoms with Crippen LogP contribution >= 0.6 is 22.9 Å². The van der Waals surface area contributed by atoms with E-state index in [1.165, 1.54) is 19.2 Å². The number of ether oxygens (including phenoxy) is 2. The van der Waals surface area contributed by atoms with E-state index in [0.717, 1.165) is 30.7 Å². The molecule has 0 bridgehead atoms. The van der Waals surface area contributed by atoms with Gasteiger partial charge in [-0.2, -0.15) is 15.2 Å². The summed E-state index contributed by atoms with van der Waals surface area (Å²) in [5.74, 6) is -1.12. The lowest BCUT2D eigenvalue weighted by Gasteiger charge is -2.36. The van der Waals surface area contributed by atoms with Gasteiger partial charge in [0.15, 0.2) is 5.82 Å². The summed E-state index contributed by atoms with van der Waals surface area (Å²) in [6.45, 7) is 8.51. The summed E-state index contributed by atoms with van der Waals surface area (Å²) in [5.41, 5.74) is 6.62. The minimum absolute atomic E-state index is 0.00233. The largest absolute Gasteiger partial charge is 0.462 e. The zero-order chi connectivity index (χ0) is 33.6. The number of methoxy groups -OCH3 is 1. The average Bonchev–Trinajstić information content (AvgIpc) is 3.65. The van der Waals surface area contributed by atoms with Crippen molar-refractivity contribution in [2.75, 3.05) is 64.1 Å². The van der Waals surface area contributed by atoms with Gasteiger partial charge in [-0.1, -0.05) is 24.2 Å². The fraction of sp³-hybridized carbons (Fsp3) is 0.394. The third-order valence-corrected chi connectivity index (χ3v) is 10.4. The number of hydrogen-bond acceptors (Lipinski definition) is 10. The number of likely N-dealkylation sites (N-methyl/N-ethyl adjacent to an activating group) is 1. The van der Waals surface area contributed by atoms with Gasteiger partial charge in [0.05, 0.1) is 21.4 Å². The van der Waals surface area contributed by atoms with Crippen LogP contribution in [0.3, 0.4) is 0 Å². The Bertz CT molecular complexity index is 1940. The molecule has 0 saturated carbocycles. The number of aromatic nitrogens is 2. The van der Waals surface area contributed by atoms with Gasteiger partial charge in [0.1, 0.15) is 34.8 Å². The number of amides is 1. The molecule has 47 heavy (non-hydrogen) atoms. The van der Waals surface area contributed by atoms with Gasteiger partial charge in [-0.3, -0.25) is 4.79 Å². The lowest BCUT2D eigenvalue weighted by molar-refractivity contribution is -0.128. The number of carbonyl (C=O) groups excluding carboxylic acids is 1. The van der Waals surface area contributed by atoms with Crippen LogP contribution in [0.25, 0.3) is 32.1 Å². The summed E-state index contributed by atoms with van der Waals surface area (Å²) < 4.78 is 43.2. The van der Waals surface area contributed by atoms with Crippen molar-refractivity contribution >= 4 is 60.7 Å². The van der Waals surface area contributed by atoms with Crippen LogP contribution in [0.2, 0.25) is 5.02 Å². The fourth-order valence-corrected chi connectivity index (χ4v) is 7.47. The summed E-state index contributed by atoms with van der Waals surface area (Å²) in [5, 5.41) is 10.5. The highest BCUT2D eigenvalue weighted by atomic mass is 35.5. The molecule has 10 nitrogen and oxygen atoms in total. The molecular weight excluding hydrogens is 648 g/mol. The van der Waals surface area contributed by atoms with E-state index in [4.69, 9.17) is 31.8 Å². The highest BCUT2D eigenvalue weighted by Gasteiger charge is 2.30. The average molecular weight is 682 g/mol. The minimum Gasteiger partial charge on any atom is -0.462 e. The van der Waals surface area contributed by atoms with Crippen LogP contribution in [-0.4, -0.2) is 91.3 Å². The number of carbonyl (C=O) groups is 1. The molecule has 4 aromatic rings. The fourth-order valence-electron chi connectivity index (χ4n) is 6.22. The van der Waals surface area contributed by atoms with Crippen LogP contribution < -0.4 is 15.4 Å². The molecule has 2 atom stereocenters. The molecule has 0 radical (unpaired) electrons. The number of hydrogen-bond donors (Lipinski definition) is 1. The minimum atomic E-state index is -0.765. The van der Waals surface area contributed by atoms with Crippen LogP contribution in [0.15, 0.2) is 30.4 Å². The van der Waals surface area contributed by atoms with Crippen molar-refractivity contribution in [3.05, 3.63) is 52.6 Å². The number of halogens is 3. The lowest BCUT2D eigenvalue weighted by Crippen LogP contribution is -2.50. The predicted octanol–water partition coefficient (Wildman–Crippen LogP) is 5.61. The molecule has 2 N–H and O–H groups in total. The normalized spacial score (nSPS) is 17.8. The van der Waals surface area contributed by atoms with Gasteiger partial charge in [0.25, 0.3) is 5.91 Å². The number of nitriles is 1. The van der Waals surface area contributed by atoms with Gasteiger partial charge in [-0.25, -0.2) is 8.78 Å². The SMILES string of the molecule is C=C(C(=O)N1CCN(c2nc(OCC3CCCN3C)nc3c(F)c(-c4ccc(F)c5sc(N)c(C#N)c45)c(Cl)cc23)CC1)C(C)OC. The number of benzene rings is 2. The summed E-state index contributed by atoms with van der Waals surface area (Å²) in [7, 11) is 3.55. The molecule has 246 valence electrons. The first kappa shape index (κ1) is 32.8. The van der Waals surface area contributed by atoms with Crippen molar-refractivity contribution < 1.29 is 23.0 Å². The number of likely N-dealkylation sites (tertiary alicyclic amines) is 1. The van der Waals surface area contributed by atoms with Crippen LogP contribution in [0.5, 0.6) is 6.01 Å². The van der Waals surface area contributed by atoms with Crippen LogP contribution in [0.1, 0.15) is 25.3 Å². The number of fused-ring (bicyclic) bond motifs is 2. The molecule has 6 rings (SSSR count). The Kier molecular flexibility index (Phi) is 9.22. The second-order valence-electron chi connectivity index (χ2n) is 11.8. The Hall–Kier alpha value is -4.09. The molecule has 2 aromatic carbocycles. The van der Waals surface area contributed by atoms with E-state index in [2.05, 4.69) is 16.5 Å². The van der Waals surface area contributed by atoms with Crippen molar-refractivity contribution in [2.45, 2.75) is 31.9 Å². The van der Waals surface area contributed by atoms with Gasteiger partial charge in [-0.05, 0) is 51.1 Å². The molecule has 0 aliphatic carbocycles. The van der Waals surface area contributed by atoms with Crippen LogP contribution in [0, 0.1) is 23.0 Å². The molecule has 4 heterocycles. The number of nitrogens with zero attached hydrogens (tertiary/aromatic N) is 6. The van der Waals surface area contributed by atoms with Crippen LogP contribution in [0.4, 0.5) is 19.6 Å². The second kappa shape index (κ2) is 13.2. The quantitative estimate of drug-likeness (QED) is 0.237. The van der Waals surface area contributed by atoms with E-state index in [-0.39, 0.29) is 60.3 Å². The van der Waals surface area contributed by atoms with Gasteiger partial charge in [0, 0.05) is 61.2 Å². The Morgan fingerprint density at radius 1 is 1.26 bits per heavy atom. The first-order chi connectivity index (χ1) is 22.5. The summed E-state index contributed by atoms with van der Waals surface area (Å²) in [4.78, 5) is 28.1. The smallest absolute Gasteiger partial charge is 0.319 e. The lowest BCUT2D eigenvalue weighted by atomic mass is 9.97. The predicted molar refractivity (Wildman–Crippen MR) is 180 cm³/mol. The van der Waals surface area contributed by atoms with E-state index in [9.17, 15) is 14.4 Å². The molecular formula is C33H34ClF2N7O3S. The number of anilines is 2. The molecule has 2 aliphatic rings. The van der Waals surface area contributed by atoms with Crippen molar-refractivity contribution in [2.24, 2.45) is 0 Å². The highest BCUT2D eigenvalue weighted by Crippen LogP contribution is 2.45. The molecule has 2 fully saturated rings. The monoisotopic (exact) mass is 681 g/mol. The van der Waals surface area contributed by atoms with Crippen molar-refractivity contribution in [3.63, 3.8) is 0 Å². The summed E-state index contributed by atoms with van der Waals surface area (Å²) in [6, 6.07) is 6.37. The summed E-state index contributed by atoms with van der Waals surface area (Å²) in [6.07, 6.45) is 1.59. The van der Waals surface area contributed by atoms with Crippen molar-refractivity contribution in [1.29, 1.82) is 5.26 Å². The van der Waals surface area contributed by atoms with Gasteiger partial charge in [-0.15, -0.1) is 11.3 Å². The van der Waals surface area contributed by atoms with E-state index in [1.54, 1.807) is 17.9 Å². The molecule has 14 heteroatoms. The maximum absolute atomic E-state index is 16.8. The Morgan fingerprint density at radius 3 is 2.66 bits per heavy atom. The third-order valence-electron chi connectivity index (χ3n) is 9.10. The molecule has 2 aliphatic heterocycles. The standard InChI is InChI=1S/C33H34ClF2N7O3S/c1-17(18(2)45-4)32(44)43-12-10-42(11-13-43)31-21-14-23(34)26(20-7-8-24(35)29-25(20)22(15-37)30(38)47-29)27(36)28(21)39-33(40-31)46-16-19-6-5-9-41(19)3/h7-8,14,18-19H,1,5-6,9-13,16,38H2,2-4H3. The van der Waals surface area contributed by atoms with E-state index in [0.29, 0.717) is 49.6 Å². The van der Waals surface area contributed by atoms with Gasteiger partial charge < -0.3 is 29.9 Å². The Labute approximate surface area is 279 Å². The highest BCUT2D eigenvalue weighted by molar-refractivity contribution is 7.23.